The van der Waals surface area contributed by atoms with Gasteiger partial charge in [0, 0.05) is 36.2 Å². The summed E-state index contributed by atoms with van der Waals surface area (Å²) in [6.45, 7) is 16.7. The standard InChI is InChI=1S/C41H55N3O12/c1-20(2)16-24(42-36(50)56-37(5,6)7)29(46)35(49)53-25-18-41(51)33(54-34(48)23-14-12-11-13-15-23)31-39(10)26(17-27-40(31,19-52-27)55-22(4)45)43-44-32(39)30(47)28(21(25)3)38(41,8)9/h11-15,20,24-27,29,31,33,43,46,51H,16-19H2,1-10H3,(H,42,50)/t24-,25+,26-,27+,29+,31?,33?,39+,40-,41+/m0/s1. The molecular weight excluding hydrogens is 726 g/mol. The van der Waals surface area contributed by atoms with Gasteiger partial charge in [-0.2, -0.15) is 5.10 Å². The zero-order valence-corrected chi connectivity index (χ0v) is 33.8. The lowest BCUT2D eigenvalue weighted by Crippen LogP contribution is -2.81. The van der Waals surface area contributed by atoms with E-state index in [1.807, 2.05) is 13.8 Å². The fraction of sp³-hybridized carbons (Fsp3) is 0.659. The number of hydrogen-bond donors (Lipinski definition) is 4. The van der Waals surface area contributed by atoms with Gasteiger partial charge in [0.25, 0.3) is 0 Å². The number of rotatable bonds is 9. The van der Waals surface area contributed by atoms with Crippen molar-refractivity contribution >= 4 is 35.5 Å². The van der Waals surface area contributed by atoms with Crippen molar-refractivity contribution in [1.82, 2.24) is 10.7 Å². The van der Waals surface area contributed by atoms with Crippen LogP contribution in [0.25, 0.3) is 0 Å². The summed E-state index contributed by atoms with van der Waals surface area (Å²) in [6.07, 6.45) is -6.15. The Labute approximate surface area is 326 Å². The lowest BCUT2D eigenvalue weighted by molar-refractivity contribution is -0.329. The van der Waals surface area contributed by atoms with Crippen LogP contribution < -0.4 is 10.7 Å². The van der Waals surface area contributed by atoms with Crippen molar-refractivity contribution in [3.8, 4) is 0 Å². The largest absolute Gasteiger partial charge is 0.456 e. The molecule has 0 spiro atoms. The first-order valence-electron chi connectivity index (χ1n) is 19.2. The van der Waals surface area contributed by atoms with Crippen molar-refractivity contribution in [2.45, 2.75) is 142 Å². The molecule has 2 saturated carbocycles. The molecule has 15 nitrogen and oxygen atoms in total. The molecule has 1 aromatic carbocycles. The monoisotopic (exact) mass is 781 g/mol. The van der Waals surface area contributed by atoms with Crippen LogP contribution in [0.15, 0.2) is 46.6 Å². The van der Waals surface area contributed by atoms with E-state index in [1.165, 1.54) is 6.92 Å². The van der Waals surface area contributed by atoms with Crippen LogP contribution in [0.3, 0.4) is 0 Å². The fourth-order valence-electron chi connectivity index (χ4n) is 9.71. The smallest absolute Gasteiger partial charge is 0.407 e. The highest BCUT2D eigenvalue weighted by molar-refractivity contribution is 6.48. The lowest BCUT2D eigenvalue weighted by atomic mass is 9.44. The Morgan fingerprint density at radius 3 is 2.32 bits per heavy atom. The molecule has 15 heteroatoms. The molecule has 0 radical (unpaired) electrons. The van der Waals surface area contributed by atoms with E-state index in [1.54, 1.807) is 78.8 Å². The molecule has 306 valence electrons. The minimum atomic E-state index is -2.18. The van der Waals surface area contributed by atoms with E-state index in [0.29, 0.717) is 12.0 Å². The van der Waals surface area contributed by atoms with Gasteiger partial charge in [-0.1, -0.05) is 52.8 Å². The second-order valence-corrected chi connectivity index (χ2v) is 18.1. The molecule has 2 bridgehead atoms. The Balaban J connectivity index is 1.48. The van der Waals surface area contributed by atoms with Gasteiger partial charge in [0.05, 0.1) is 30.2 Å². The molecule has 1 aromatic rings. The highest BCUT2D eigenvalue weighted by Crippen LogP contribution is 2.64. The van der Waals surface area contributed by atoms with Crippen LogP contribution in [0.1, 0.15) is 98.9 Å². The second-order valence-electron chi connectivity index (χ2n) is 18.1. The molecule has 1 saturated heterocycles. The minimum absolute atomic E-state index is 0.0694. The van der Waals surface area contributed by atoms with E-state index in [0.717, 1.165) is 0 Å². The molecule has 3 aliphatic carbocycles. The molecule has 2 heterocycles. The third-order valence-electron chi connectivity index (χ3n) is 12.4. The Morgan fingerprint density at radius 2 is 1.75 bits per heavy atom. The van der Waals surface area contributed by atoms with Gasteiger partial charge in [0.1, 0.15) is 35.2 Å². The number of hydrogen-bond acceptors (Lipinski definition) is 14. The number of ether oxygens (including phenoxy) is 5. The van der Waals surface area contributed by atoms with Crippen LogP contribution in [0.4, 0.5) is 4.79 Å². The Bertz CT molecular complexity index is 1850. The summed E-state index contributed by atoms with van der Waals surface area (Å²) < 4.78 is 30.1. The molecule has 6 rings (SSSR count). The molecule has 2 unspecified atom stereocenters. The number of hydrazone groups is 1. The molecular formula is C41H55N3O12. The SMILES string of the molecule is CC(=O)O[C@@]12CO[C@@H]1C[C@@H]1NN=C3C(=O)C4=C(C)[C@H](OC(=O)[C@H](O)[C@H](CC(C)C)NC(=O)OC(C)(C)C)C[C@@](O)(C(OC(=O)c5ccccc5)C2[C@]31C)C4(C)C. The average Bonchev–Trinajstić information content (AvgIpc) is 3.42. The van der Waals surface area contributed by atoms with E-state index >= 15 is 4.79 Å². The zero-order valence-electron chi connectivity index (χ0n) is 33.8. The summed E-state index contributed by atoms with van der Waals surface area (Å²) in [5.41, 5.74) is -3.45. The first kappa shape index (κ1) is 41.3. The average molecular weight is 782 g/mol. The van der Waals surface area contributed by atoms with Gasteiger partial charge in [-0.3, -0.25) is 9.59 Å². The molecule has 1 amide bonds. The third kappa shape index (κ3) is 6.68. The molecule has 0 aromatic heterocycles. The van der Waals surface area contributed by atoms with E-state index in [-0.39, 0.29) is 42.2 Å². The normalized spacial score (nSPS) is 33.8. The van der Waals surface area contributed by atoms with Crippen molar-refractivity contribution in [2.24, 2.45) is 27.8 Å². The number of Topliss-reactive ketones (excluding diaryl/α,β-unsaturated/α-hetero) is 1. The molecule has 3 fully saturated rings. The number of carbonyl (C=O) groups excluding carboxylic acids is 5. The van der Waals surface area contributed by atoms with E-state index in [9.17, 15) is 29.4 Å². The van der Waals surface area contributed by atoms with Crippen molar-refractivity contribution in [1.29, 1.82) is 0 Å². The number of nitrogens with zero attached hydrogens (tertiary/aromatic N) is 1. The highest BCUT2D eigenvalue weighted by atomic mass is 16.6. The van der Waals surface area contributed by atoms with Crippen molar-refractivity contribution in [3.63, 3.8) is 0 Å². The Kier molecular flexibility index (Phi) is 10.5. The Morgan fingerprint density at radius 1 is 1.09 bits per heavy atom. The number of aliphatic hydroxyl groups excluding tert-OH is 1. The van der Waals surface area contributed by atoms with Crippen LogP contribution >= 0.6 is 0 Å². The second kappa shape index (κ2) is 14.2. The van der Waals surface area contributed by atoms with Crippen LogP contribution in [0.5, 0.6) is 0 Å². The van der Waals surface area contributed by atoms with E-state index in [2.05, 4.69) is 15.8 Å². The van der Waals surface area contributed by atoms with Crippen LogP contribution in [0.2, 0.25) is 0 Å². The molecule has 10 atom stereocenters. The maximum atomic E-state index is 15.1. The van der Waals surface area contributed by atoms with Gasteiger partial charge in [0.2, 0.25) is 5.78 Å². The topological polar surface area (TPSA) is 208 Å². The van der Waals surface area contributed by atoms with Gasteiger partial charge in [0.15, 0.2) is 11.7 Å². The minimum Gasteiger partial charge on any atom is -0.456 e. The maximum absolute atomic E-state index is 15.1. The number of fused-ring (bicyclic) bond motifs is 4. The van der Waals surface area contributed by atoms with Gasteiger partial charge in [-0.15, -0.1) is 0 Å². The Hall–Kier alpha value is -4.34. The van der Waals surface area contributed by atoms with Crippen LogP contribution in [-0.4, -0.2) is 106 Å². The molecule has 4 N–H and O–H groups in total. The molecule has 2 aliphatic heterocycles. The van der Waals surface area contributed by atoms with Crippen molar-refractivity contribution in [2.75, 3.05) is 6.61 Å². The van der Waals surface area contributed by atoms with Crippen LogP contribution in [-0.2, 0) is 38.1 Å². The van der Waals surface area contributed by atoms with E-state index in [4.69, 9.17) is 23.7 Å². The molecule has 5 aliphatic rings. The van der Waals surface area contributed by atoms with Crippen molar-refractivity contribution < 1.29 is 57.9 Å². The van der Waals surface area contributed by atoms with Gasteiger partial charge in [-0.25, -0.2) is 14.4 Å². The van der Waals surface area contributed by atoms with Crippen molar-refractivity contribution in [3.05, 3.63) is 47.0 Å². The van der Waals surface area contributed by atoms with Gasteiger partial charge >= 0.3 is 24.0 Å². The summed E-state index contributed by atoms with van der Waals surface area (Å²) in [6, 6.07) is 6.56. The summed E-state index contributed by atoms with van der Waals surface area (Å²) >= 11 is 0. The zero-order chi connectivity index (χ0) is 41.3. The molecule has 56 heavy (non-hydrogen) atoms. The highest BCUT2D eigenvalue weighted by Gasteiger charge is 2.78. The lowest BCUT2D eigenvalue weighted by Gasteiger charge is -2.66. The number of amides is 1. The first-order valence-corrected chi connectivity index (χ1v) is 19.2. The predicted molar refractivity (Wildman–Crippen MR) is 200 cm³/mol. The quantitative estimate of drug-likeness (QED) is 0.209. The van der Waals surface area contributed by atoms with Gasteiger partial charge in [-0.05, 0) is 57.7 Å². The number of esters is 3. The first-order chi connectivity index (χ1) is 26.0. The summed E-state index contributed by atoms with van der Waals surface area (Å²) in [5, 5.41) is 32.1. The number of aliphatic hydroxyl groups is 2. The van der Waals surface area contributed by atoms with Gasteiger partial charge < -0.3 is 44.6 Å². The number of benzene rings is 1. The predicted octanol–water partition coefficient (Wildman–Crippen LogP) is 3.54. The van der Waals surface area contributed by atoms with Crippen LogP contribution in [0, 0.1) is 22.7 Å². The fourth-order valence-corrected chi connectivity index (χ4v) is 9.71. The third-order valence-corrected chi connectivity index (χ3v) is 12.4. The maximum Gasteiger partial charge on any atom is 0.407 e. The summed E-state index contributed by atoms with van der Waals surface area (Å²) in [4.78, 5) is 68.9. The summed E-state index contributed by atoms with van der Waals surface area (Å²) in [5.74, 6) is -4.22. The number of ketones is 1. The van der Waals surface area contributed by atoms with E-state index < -0.39 is 99.8 Å². The summed E-state index contributed by atoms with van der Waals surface area (Å²) in [7, 11) is 0. The number of nitrogens with one attached hydrogen (secondary N) is 2. The number of carbonyl (C=O) groups is 5. The number of alkyl carbamates (subject to hydrolysis) is 1.